The Balaban J connectivity index is 3.17. The van der Waals surface area contributed by atoms with Gasteiger partial charge in [-0.05, 0) is 66.0 Å². The van der Waals surface area contributed by atoms with E-state index in [-0.39, 0.29) is 29.8 Å². The first kappa shape index (κ1) is 30.8. The van der Waals surface area contributed by atoms with Crippen LogP contribution in [0.4, 0.5) is 0 Å². The quantitative estimate of drug-likeness (QED) is 0.311. The van der Waals surface area contributed by atoms with Gasteiger partial charge < -0.3 is 24.2 Å². The van der Waals surface area contributed by atoms with E-state index in [9.17, 15) is 24.2 Å². The number of hydrogen-bond donors (Lipinski definition) is 3. The summed E-state index contributed by atoms with van der Waals surface area (Å²) in [4.78, 5) is 11.8. The van der Waals surface area contributed by atoms with Crippen molar-refractivity contribution in [3.8, 4) is 5.75 Å². The number of phenolic OH excluding ortho intramolecular Hbond substituents is 1. The molecule has 7 nitrogen and oxygen atoms in total. The minimum atomic E-state index is -4.92. The molecule has 0 aliphatic rings. The van der Waals surface area contributed by atoms with Crippen molar-refractivity contribution in [2.24, 2.45) is 0 Å². The van der Waals surface area contributed by atoms with Crippen LogP contribution in [0.25, 0.3) is 0 Å². The molecule has 202 valence electrons. The molecule has 2 aromatic carbocycles. The molecule has 0 spiro atoms. The molecule has 0 saturated carbocycles. The number of hydrogen-bond acceptors (Lipinski definition) is 6. The Hall–Kier alpha value is -1.46. The second-order valence-corrected chi connectivity index (χ2v) is 15.7. The molecule has 0 radical (unpaired) electrons. The van der Waals surface area contributed by atoms with Gasteiger partial charge >= 0.3 is 7.60 Å². The lowest BCUT2D eigenvalue weighted by molar-refractivity contribution is 0.115. The van der Waals surface area contributed by atoms with Crippen LogP contribution in [0.3, 0.4) is 0 Å². The molecule has 36 heavy (non-hydrogen) atoms. The highest BCUT2D eigenvalue weighted by molar-refractivity contribution is 7.79. The van der Waals surface area contributed by atoms with Gasteiger partial charge in [-0.15, -0.1) is 0 Å². The van der Waals surface area contributed by atoms with Crippen LogP contribution in [0.5, 0.6) is 5.75 Å². The number of benzene rings is 2. The molecule has 3 N–H and O–H groups in total. The molecule has 2 rings (SSSR count). The predicted octanol–water partition coefficient (Wildman–Crippen LogP) is 6.51. The lowest BCUT2D eigenvalue weighted by Crippen LogP contribution is -2.34. The fraction of sp³-hybridized carbons (Fsp3) is 0.556. The van der Waals surface area contributed by atoms with Gasteiger partial charge in [-0.2, -0.15) is 0 Å². The zero-order valence-corrected chi connectivity index (χ0v) is 24.7. The third kappa shape index (κ3) is 5.38. The summed E-state index contributed by atoms with van der Waals surface area (Å²) in [7, 11) is -9.60. The number of aliphatic hydroxyl groups is 1. The van der Waals surface area contributed by atoms with Crippen LogP contribution in [0.2, 0.25) is 0 Å². The van der Waals surface area contributed by atoms with E-state index in [0.29, 0.717) is 23.1 Å². The van der Waals surface area contributed by atoms with Crippen LogP contribution in [0.15, 0.2) is 36.4 Å². The predicted molar refractivity (Wildman–Crippen MR) is 146 cm³/mol. The van der Waals surface area contributed by atoms with Crippen molar-refractivity contribution in [3.05, 3.63) is 58.7 Å². The van der Waals surface area contributed by atoms with E-state index in [1.165, 1.54) is 18.2 Å². The van der Waals surface area contributed by atoms with E-state index in [2.05, 4.69) is 0 Å². The van der Waals surface area contributed by atoms with Crippen molar-refractivity contribution >= 4 is 20.3 Å². The summed E-state index contributed by atoms with van der Waals surface area (Å²) in [6.07, 6.45) is 0.417. The highest BCUT2D eigenvalue weighted by Crippen LogP contribution is 2.78. The van der Waals surface area contributed by atoms with Crippen molar-refractivity contribution in [3.63, 3.8) is 0 Å². The van der Waals surface area contributed by atoms with Crippen LogP contribution in [0.1, 0.15) is 84.6 Å². The van der Waals surface area contributed by atoms with Gasteiger partial charge in [0, 0.05) is 10.9 Å². The third-order valence-electron chi connectivity index (χ3n) is 6.21. The van der Waals surface area contributed by atoms with Crippen molar-refractivity contribution in [2.75, 3.05) is 13.2 Å². The van der Waals surface area contributed by atoms with Crippen LogP contribution >= 0.6 is 15.0 Å². The van der Waals surface area contributed by atoms with Crippen LogP contribution < -0.4 is 5.30 Å². The van der Waals surface area contributed by atoms with Crippen molar-refractivity contribution in [2.45, 2.75) is 84.6 Å². The highest BCUT2D eigenvalue weighted by atomic mass is 31.2. The maximum atomic E-state index is 14.5. The normalized spacial score (nSPS) is 16.4. The average molecular weight is 541 g/mol. The zero-order chi connectivity index (χ0) is 27.7. The van der Waals surface area contributed by atoms with Crippen LogP contribution in [-0.4, -0.2) is 28.3 Å². The topological polar surface area (TPSA) is 113 Å². The van der Waals surface area contributed by atoms with Gasteiger partial charge in [0.1, 0.15) is 5.75 Å². The molecule has 0 aromatic heterocycles. The second kappa shape index (κ2) is 10.7. The molecule has 2 aromatic rings. The zero-order valence-electron chi connectivity index (χ0n) is 23.0. The number of rotatable bonds is 9. The van der Waals surface area contributed by atoms with Gasteiger partial charge in [0.05, 0.1) is 13.2 Å². The van der Waals surface area contributed by atoms with E-state index < -0.39 is 30.9 Å². The van der Waals surface area contributed by atoms with Gasteiger partial charge in [-0.25, -0.2) is 0 Å². The Morgan fingerprint density at radius 1 is 0.833 bits per heavy atom. The summed E-state index contributed by atoms with van der Waals surface area (Å²) in [5.41, 5.74) is 0.0917. The molecule has 2 unspecified atom stereocenters. The van der Waals surface area contributed by atoms with E-state index in [0.717, 1.165) is 0 Å². The number of aromatic hydroxyl groups is 1. The van der Waals surface area contributed by atoms with Crippen molar-refractivity contribution in [1.82, 2.24) is 0 Å². The van der Waals surface area contributed by atoms with Gasteiger partial charge in [-0.3, -0.25) is 9.13 Å². The van der Waals surface area contributed by atoms with E-state index in [1.54, 1.807) is 32.0 Å². The molecule has 0 fully saturated rings. The Morgan fingerprint density at radius 2 is 1.28 bits per heavy atom. The maximum Gasteiger partial charge on any atom is 0.377 e. The SMILES string of the molecule is CCOP(=O)(OCC)C(O)(c1cc(C(C)(C)C)c(O)c(C(C)(C)C)c1)P(=O)(O)c1ccccc1CC. The summed E-state index contributed by atoms with van der Waals surface area (Å²) in [5, 5.41) is 20.7. The molecule has 9 heteroatoms. The molecular weight excluding hydrogens is 498 g/mol. The van der Waals surface area contributed by atoms with Crippen molar-refractivity contribution < 1.29 is 33.3 Å². The monoisotopic (exact) mass is 540 g/mol. The smallest absolute Gasteiger partial charge is 0.377 e. The van der Waals surface area contributed by atoms with E-state index in [4.69, 9.17) is 9.05 Å². The summed E-state index contributed by atoms with van der Waals surface area (Å²) < 4.78 is 40.0. The minimum Gasteiger partial charge on any atom is -0.507 e. The Morgan fingerprint density at radius 3 is 1.67 bits per heavy atom. The molecule has 2 atom stereocenters. The summed E-state index contributed by atoms with van der Waals surface area (Å²) in [6.45, 7) is 16.0. The first-order valence-electron chi connectivity index (χ1n) is 12.3. The first-order chi connectivity index (χ1) is 16.4. The second-order valence-electron chi connectivity index (χ2n) is 10.9. The van der Waals surface area contributed by atoms with Gasteiger partial charge in [0.25, 0.3) is 12.5 Å². The molecule has 0 bridgehead atoms. The highest BCUT2D eigenvalue weighted by Gasteiger charge is 2.64. The average Bonchev–Trinajstić information content (AvgIpc) is 2.77. The minimum absolute atomic E-state index is 0.0164. The summed E-state index contributed by atoms with van der Waals surface area (Å²) in [5.74, 6) is 0.0190. The summed E-state index contributed by atoms with van der Waals surface area (Å²) >= 11 is 0. The number of aryl methyl sites for hydroxylation is 1. The third-order valence-corrected chi connectivity index (χ3v) is 12.2. The molecule has 0 heterocycles. The van der Waals surface area contributed by atoms with Gasteiger partial charge in [0.15, 0.2) is 0 Å². The van der Waals surface area contributed by atoms with E-state index >= 15 is 0 Å². The van der Waals surface area contributed by atoms with Gasteiger partial charge in [-0.1, -0.05) is 66.7 Å². The molecular formula is C27H42O7P2. The van der Waals surface area contributed by atoms with Crippen molar-refractivity contribution in [1.29, 1.82) is 0 Å². The lowest BCUT2D eigenvalue weighted by atomic mass is 9.78. The lowest BCUT2D eigenvalue weighted by Gasteiger charge is -2.39. The van der Waals surface area contributed by atoms with Crippen LogP contribution in [-0.2, 0) is 40.5 Å². The fourth-order valence-corrected chi connectivity index (χ4v) is 9.58. The van der Waals surface area contributed by atoms with Crippen LogP contribution in [0, 0.1) is 0 Å². The number of phenols is 1. The fourth-order valence-electron chi connectivity index (χ4n) is 4.30. The Labute approximate surface area is 215 Å². The maximum absolute atomic E-state index is 14.5. The molecule has 0 aliphatic carbocycles. The summed E-state index contributed by atoms with van der Waals surface area (Å²) in [6, 6.07) is 9.40. The molecule has 0 aliphatic heterocycles. The van der Waals surface area contributed by atoms with Gasteiger partial charge in [0.2, 0.25) is 0 Å². The molecule has 0 saturated heterocycles. The Bertz CT molecular complexity index is 1130. The van der Waals surface area contributed by atoms with E-state index in [1.807, 2.05) is 48.5 Å². The first-order valence-corrected chi connectivity index (χ1v) is 15.5. The molecule has 0 amide bonds. The largest absolute Gasteiger partial charge is 0.507 e. The standard InChI is InChI=1S/C27H42O7P2/c1-10-19-15-13-14-16-23(19)35(30,31)27(29,36(32,33-11-2)34-12-3)20-17-21(25(4,5)6)24(28)22(18-20)26(7,8)9/h13-18,28-29H,10-12H2,1-9H3,(H,30,31). The Kier molecular flexibility index (Phi) is 9.17.